The molecule has 0 unspecified atom stereocenters. The van der Waals surface area contributed by atoms with Crippen LogP contribution < -0.4 is 4.74 Å². The molecular formula is C18H18N2OS. The zero-order valence-electron chi connectivity index (χ0n) is 12.7. The maximum atomic E-state index is 5.47. The van der Waals surface area contributed by atoms with E-state index in [1.54, 1.807) is 0 Å². The minimum atomic E-state index is 0.672. The predicted octanol–water partition coefficient (Wildman–Crippen LogP) is 4.91. The molecule has 1 N–H and O–H groups in total. The smallest absolute Gasteiger partial charge is 0.182 e. The van der Waals surface area contributed by atoms with Gasteiger partial charge in [0.15, 0.2) is 4.77 Å². The minimum absolute atomic E-state index is 0.672. The fraction of sp³-hybridized carbons (Fsp3) is 0.167. The van der Waals surface area contributed by atoms with Gasteiger partial charge in [-0.1, -0.05) is 12.1 Å². The number of rotatable bonds is 4. The summed E-state index contributed by atoms with van der Waals surface area (Å²) in [6.07, 6.45) is 2.03. The molecule has 22 heavy (non-hydrogen) atoms. The van der Waals surface area contributed by atoms with Crippen molar-refractivity contribution in [3.63, 3.8) is 0 Å². The molecule has 0 bridgehead atoms. The molecule has 0 saturated carbocycles. The monoisotopic (exact) mass is 310 g/mol. The molecule has 2 aromatic carbocycles. The van der Waals surface area contributed by atoms with Crippen LogP contribution in [-0.4, -0.2) is 16.2 Å². The summed E-state index contributed by atoms with van der Waals surface area (Å²) in [6, 6.07) is 16.3. The molecule has 0 saturated heterocycles. The molecule has 0 aliphatic carbocycles. The fourth-order valence-corrected chi connectivity index (χ4v) is 2.68. The summed E-state index contributed by atoms with van der Waals surface area (Å²) < 4.78 is 8.16. The van der Waals surface area contributed by atoms with E-state index in [-0.39, 0.29) is 0 Å². The minimum Gasteiger partial charge on any atom is -0.494 e. The number of nitrogens with one attached hydrogen (secondary N) is 1. The van der Waals surface area contributed by atoms with Gasteiger partial charge in [-0.05, 0) is 73.6 Å². The summed E-state index contributed by atoms with van der Waals surface area (Å²) in [5, 5.41) is 0. The number of aromatic amines is 1. The molecule has 0 aliphatic rings. The molecule has 112 valence electrons. The summed E-state index contributed by atoms with van der Waals surface area (Å²) >= 11 is 5.45. The number of aryl methyl sites for hydroxylation is 1. The Morgan fingerprint density at radius 1 is 1.14 bits per heavy atom. The first-order valence-electron chi connectivity index (χ1n) is 7.29. The summed E-state index contributed by atoms with van der Waals surface area (Å²) in [7, 11) is 0. The molecule has 0 atom stereocenters. The lowest BCUT2D eigenvalue weighted by Gasteiger charge is -2.04. The molecule has 3 aromatic rings. The van der Waals surface area contributed by atoms with Crippen LogP contribution >= 0.6 is 12.2 Å². The zero-order valence-corrected chi connectivity index (χ0v) is 13.5. The topological polar surface area (TPSA) is 29.9 Å². The van der Waals surface area contributed by atoms with Gasteiger partial charge in [-0.2, -0.15) is 0 Å². The molecule has 0 aliphatic heterocycles. The van der Waals surface area contributed by atoms with Crippen LogP contribution in [-0.2, 0) is 0 Å². The van der Waals surface area contributed by atoms with E-state index >= 15 is 0 Å². The lowest BCUT2D eigenvalue weighted by atomic mass is 10.1. The van der Waals surface area contributed by atoms with Gasteiger partial charge in [0.2, 0.25) is 0 Å². The number of nitrogens with zero attached hydrogens (tertiary/aromatic N) is 1. The Labute approximate surface area is 135 Å². The van der Waals surface area contributed by atoms with Crippen LogP contribution in [0.3, 0.4) is 0 Å². The third kappa shape index (κ3) is 2.97. The van der Waals surface area contributed by atoms with E-state index in [0.29, 0.717) is 11.4 Å². The van der Waals surface area contributed by atoms with Crippen LogP contribution in [0.15, 0.2) is 54.7 Å². The Balaban J connectivity index is 1.97. The van der Waals surface area contributed by atoms with Crippen molar-refractivity contribution in [2.75, 3.05) is 6.61 Å². The first kappa shape index (κ1) is 14.6. The Morgan fingerprint density at radius 3 is 2.59 bits per heavy atom. The second-order valence-electron chi connectivity index (χ2n) is 5.14. The molecule has 1 heterocycles. The quantitative estimate of drug-likeness (QED) is 0.694. The van der Waals surface area contributed by atoms with E-state index in [2.05, 4.69) is 30.1 Å². The molecule has 4 heteroatoms. The average molecular weight is 310 g/mol. The van der Waals surface area contributed by atoms with Crippen molar-refractivity contribution < 1.29 is 4.74 Å². The highest BCUT2D eigenvalue weighted by molar-refractivity contribution is 7.71. The summed E-state index contributed by atoms with van der Waals surface area (Å²) in [5.74, 6) is 0.878. The molecule has 3 rings (SSSR count). The van der Waals surface area contributed by atoms with Crippen molar-refractivity contribution >= 4 is 12.2 Å². The summed E-state index contributed by atoms with van der Waals surface area (Å²) in [6.45, 7) is 4.73. The lowest BCUT2D eigenvalue weighted by Crippen LogP contribution is -1.92. The third-order valence-corrected chi connectivity index (χ3v) is 3.77. The number of benzene rings is 2. The van der Waals surface area contributed by atoms with Crippen molar-refractivity contribution in [1.82, 2.24) is 9.55 Å². The van der Waals surface area contributed by atoms with Crippen LogP contribution in [0.5, 0.6) is 5.75 Å². The first-order valence-corrected chi connectivity index (χ1v) is 7.70. The Bertz CT molecular complexity index is 831. The number of H-pyrrole nitrogens is 1. The first-order chi connectivity index (χ1) is 10.7. The summed E-state index contributed by atoms with van der Waals surface area (Å²) in [5.41, 5.74) is 4.36. The maximum Gasteiger partial charge on any atom is 0.182 e. The van der Waals surface area contributed by atoms with Gasteiger partial charge in [-0.15, -0.1) is 0 Å². The van der Waals surface area contributed by atoms with Crippen molar-refractivity contribution in [3.8, 4) is 22.7 Å². The van der Waals surface area contributed by atoms with Crippen LogP contribution in [0.1, 0.15) is 12.5 Å². The highest BCUT2D eigenvalue weighted by atomic mass is 32.1. The second-order valence-corrected chi connectivity index (χ2v) is 5.53. The maximum absolute atomic E-state index is 5.47. The second kappa shape index (κ2) is 6.20. The van der Waals surface area contributed by atoms with Crippen LogP contribution in [0.2, 0.25) is 0 Å². The largest absolute Gasteiger partial charge is 0.494 e. The molecule has 0 fully saturated rings. The van der Waals surface area contributed by atoms with E-state index in [0.717, 1.165) is 22.7 Å². The van der Waals surface area contributed by atoms with Gasteiger partial charge in [0, 0.05) is 11.9 Å². The molecule has 1 aromatic heterocycles. The van der Waals surface area contributed by atoms with Crippen molar-refractivity contribution in [3.05, 3.63) is 65.1 Å². The van der Waals surface area contributed by atoms with Crippen molar-refractivity contribution in [2.24, 2.45) is 0 Å². The molecule has 0 radical (unpaired) electrons. The zero-order chi connectivity index (χ0) is 15.5. The standard InChI is InChI=1S/C18H18N2OS/c1-3-21-16-9-7-14(8-10-16)17-12-20(18(22)19-17)15-6-4-5-13(2)11-15/h4-12H,3H2,1-2H3,(H,19,22). The lowest BCUT2D eigenvalue weighted by molar-refractivity contribution is 0.340. The summed E-state index contributed by atoms with van der Waals surface area (Å²) in [4.78, 5) is 3.27. The SMILES string of the molecule is CCOc1ccc(-c2cn(-c3cccc(C)c3)c(=S)[nH]2)cc1. The van der Waals surface area contributed by atoms with E-state index in [9.17, 15) is 0 Å². The molecule has 0 amide bonds. The molecular weight excluding hydrogens is 292 g/mol. The van der Waals surface area contributed by atoms with Crippen molar-refractivity contribution in [2.45, 2.75) is 13.8 Å². The van der Waals surface area contributed by atoms with Gasteiger partial charge in [-0.25, -0.2) is 0 Å². The number of aromatic nitrogens is 2. The highest BCUT2D eigenvalue weighted by Gasteiger charge is 2.05. The highest BCUT2D eigenvalue weighted by Crippen LogP contribution is 2.23. The van der Waals surface area contributed by atoms with E-state index in [1.807, 2.05) is 48.0 Å². The van der Waals surface area contributed by atoms with Gasteiger partial charge in [0.25, 0.3) is 0 Å². The van der Waals surface area contributed by atoms with E-state index in [1.165, 1.54) is 5.56 Å². The molecule has 0 spiro atoms. The number of imidazole rings is 1. The number of hydrogen-bond acceptors (Lipinski definition) is 2. The Morgan fingerprint density at radius 2 is 1.91 bits per heavy atom. The average Bonchev–Trinajstić information content (AvgIpc) is 2.90. The van der Waals surface area contributed by atoms with Gasteiger partial charge < -0.3 is 9.72 Å². The van der Waals surface area contributed by atoms with Gasteiger partial charge in [0.05, 0.1) is 12.3 Å². The van der Waals surface area contributed by atoms with Crippen LogP contribution in [0, 0.1) is 11.7 Å². The Hall–Kier alpha value is -2.33. The van der Waals surface area contributed by atoms with E-state index in [4.69, 9.17) is 17.0 Å². The van der Waals surface area contributed by atoms with Crippen LogP contribution in [0.25, 0.3) is 16.9 Å². The molecule has 3 nitrogen and oxygen atoms in total. The van der Waals surface area contributed by atoms with E-state index < -0.39 is 0 Å². The Kier molecular flexibility index (Phi) is 4.11. The number of ether oxygens (including phenoxy) is 1. The number of hydrogen-bond donors (Lipinski definition) is 1. The third-order valence-electron chi connectivity index (χ3n) is 3.47. The normalized spacial score (nSPS) is 10.6. The van der Waals surface area contributed by atoms with Gasteiger partial charge in [0.1, 0.15) is 5.75 Å². The van der Waals surface area contributed by atoms with Crippen molar-refractivity contribution in [1.29, 1.82) is 0 Å². The van der Waals surface area contributed by atoms with Gasteiger partial charge >= 0.3 is 0 Å². The fourth-order valence-electron chi connectivity index (χ4n) is 2.41. The predicted molar refractivity (Wildman–Crippen MR) is 92.3 cm³/mol. The van der Waals surface area contributed by atoms with Crippen LogP contribution in [0.4, 0.5) is 0 Å². The van der Waals surface area contributed by atoms with Gasteiger partial charge in [-0.3, -0.25) is 4.57 Å².